The third kappa shape index (κ3) is 2.17. The average molecular weight is 346 g/mol. The standard InChI is InChI=1S/C17H20ClN5O/c1-10-7-17(8-13(19-10)14-9-22(2)21-20-14)12-5-4-11(18)6-15(12)23(3)16(17)24/h4-6,9-10,13,19H,7-8H2,1-3H3/t10-,13-,17?/m0/s1. The SMILES string of the molecule is C[C@H]1CC2(C[C@@H](c3cn(C)nn3)N1)C(=O)N(C)c1cc(Cl)ccc12. The highest BCUT2D eigenvalue weighted by molar-refractivity contribution is 6.31. The number of fused-ring (bicyclic) bond motifs is 2. The Morgan fingerprint density at radius 2 is 2.12 bits per heavy atom. The molecule has 126 valence electrons. The summed E-state index contributed by atoms with van der Waals surface area (Å²) in [4.78, 5) is 14.9. The summed E-state index contributed by atoms with van der Waals surface area (Å²) < 4.78 is 1.69. The van der Waals surface area contributed by atoms with E-state index in [4.69, 9.17) is 11.6 Å². The number of anilines is 1. The van der Waals surface area contributed by atoms with E-state index < -0.39 is 5.41 Å². The van der Waals surface area contributed by atoms with E-state index in [-0.39, 0.29) is 18.0 Å². The van der Waals surface area contributed by atoms with Crippen molar-refractivity contribution in [2.75, 3.05) is 11.9 Å². The van der Waals surface area contributed by atoms with Crippen LogP contribution in [0.2, 0.25) is 5.02 Å². The third-order valence-electron chi connectivity index (χ3n) is 5.22. The van der Waals surface area contributed by atoms with Gasteiger partial charge in [0.25, 0.3) is 0 Å². The van der Waals surface area contributed by atoms with Crippen molar-refractivity contribution in [3.63, 3.8) is 0 Å². The van der Waals surface area contributed by atoms with Gasteiger partial charge in [-0.1, -0.05) is 22.9 Å². The summed E-state index contributed by atoms with van der Waals surface area (Å²) in [6.07, 6.45) is 3.35. The molecule has 7 heteroatoms. The molecular weight excluding hydrogens is 326 g/mol. The van der Waals surface area contributed by atoms with Gasteiger partial charge in [-0.2, -0.15) is 0 Å². The fourth-order valence-electron chi connectivity index (χ4n) is 4.26. The first-order chi connectivity index (χ1) is 11.4. The molecule has 2 aromatic rings. The molecule has 0 aliphatic carbocycles. The Bertz CT molecular complexity index is 819. The van der Waals surface area contributed by atoms with Gasteiger partial charge in [0.1, 0.15) is 0 Å². The molecule has 1 N–H and O–H groups in total. The molecule has 1 unspecified atom stereocenters. The van der Waals surface area contributed by atoms with Crippen LogP contribution in [0, 0.1) is 0 Å². The number of nitrogens with zero attached hydrogens (tertiary/aromatic N) is 4. The fraction of sp³-hybridized carbons (Fsp3) is 0.471. The summed E-state index contributed by atoms with van der Waals surface area (Å²) in [6, 6.07) is 5.96. The largest absolute Gasteiger partial charge is 0.314 e. The number of likely N-dealkylation sites (N-methyl/N-ethyl adjacent to an activating group) is 1. The highest BCUT2D eigenvalue weighted by atomic mass is 35.5. The number of carbonyl (C=O) groups excluding carboxylic acids is 1. The molecule has 24 heavy (non-hydrogen) atoms. The zero-order valence-corrected chi connectivity index (χ0v) is 14.7. The minimum absolute atomic E-state index is 0.00132. The maximum atomic E-state index is 13.2. The summed E-state index contributed by atoms with van der Waals surface area (Å²) in [7, 11) is 3.68. The zero-order chi connectivity index (χ0) is 17.1. The quantitative estimate of drug-likeness (QED) is 0.860. The fourth-order valence-corrected chi connectivity index (χ4v) is 4.42. The van der Waals surface area contributed by atoms with Gasteiger partial charge in [0.2, 0.25) is 5.91 Å². The maximum absolute atomic E-state index is 13.2. The smallest absolute Gasteiger partial charge is 0.237 e. The van der Waals surface area contributed by atoms with Gasteiger partial charge in [-0.15, -0.1) is 5.10 Å². The van der Waals surface area contributed by atoms with Crippen LogP contribution in [0.15, 0.2) is 24.4 Å². The summed E-state index contributed by atoms with van der Waals surface area (Å²) in [5.74, 6) is 0.141. The summed E-state index contributed by atoms with van der Waals surface area (Å²) in [6.45, 7) is 2.12. The van der Waals surface area contributed by atoms with Gasteiger partial charge < -0.3 is 10.2 Å². The van der Waals surface area contributed by atoms with Crippen molar-refractivity contribution in [2.45, 2.75) is 37.3 Å². The Morgan fingerprint density at radius 1 is 1.33 bits per heavy atom. The summed E-state index contributed by atoms with van der Waals surface area (Å²) >= 11 is 6.15. The number of carbonyl (C=O) groups is 1. The van der Waals surface area contributed by atoms with Gasteiger partial charge in [-0.25, -0.2) is 0 Å². The first-order valence-electron chi connectivity index (χ1n) is 8.11. The number of benzene rings is 1. The molecule has 1 saturated heterocycles. The lowest BCUT2D eigenvalue weighted by Gasteiger charge is -2.40. The number of hydrogen-bond donors (Lipinski definition) is 1. The van der Waals surface area contributed by atoms with Gasteiger partial charge in [-0.3, -0.25) is 9.48 Å². The first kappa shape index (κ1) is 15.6. The molecule has 1 aromatic heterocycles. The number of hydrogen-bond acceptors (Lipinski definition) is 4. The van der Waals surface area contributed by atoms with Crippen LogP contribution in [0.1, 0.15) is 37.1 Å². The van der Waals surface area contributed by atoms with Crippen LogP contribution < -0.4 is 10.2 Å². The number of amides is 1. The summed E-state index contributed by atoms with van der Waals surface area (Å²) in [5, 5.41) is 12.5. The van der Waals surface area contributed by atoms with Gasteiger partial charge >= 0.3 is 0 Å². The maximum Gasteiger partial charge on any atom is 0.237 e. The van der Waals surface area contributed by atoms with Crippen molar-refractivity contribution in [3.05, 3.63) is 40.7 Å². The van der Waals surface area contributed by atoms with Crippen LogP contribution in [0.4, 0.5) is 5.69 Å². The number of aromatic nitrogens is 3. The molecule has 0 radical (unpaired) electrons. The van der Waals surface area contributed by atoms with Gasteiger partial charge in [0.15, 0.2) is 0 Å². The molecule has 0 bridgehead atoms. The van der Waals surface area contributed by atoms with Crippen LogP contribution in [0.5, 0.6) is 0 Å². The summed E-state index contributed by atoms with van der Waals surface area (Å²) in [5.41, 5.74) is 2.34. The van der Waals surface area contributed by atoms with Crippen LogP contribution in [0.3, 0.4) is 0 Å². The molecule has 1 amide bonds. The predicted molar refractivity (Wildman–Crippen MR) is 92.1 cm³/mol. The molecule has 2 aliphatic heterocycles. The van der Waals surface area contributed by atoms with E-state index in [0.29, 0.717) is 11.4 Å². The van der Waals surface area contributed by atoms with Crippen molar-refractivity contribution in [3.8, 4) is 0 Å². The predicted octanol–water partition coefficient (Wildman–Crippen LogP) is 2.20. The van der Waals surface area contributed by atoms with Crippen LogP contribution in [-0.2, 0) is 17.3 Å². The second-order valence-electron chi connectivity index (χ2n) is 6.95. The van der Waals surface area contributed by atoms with E-state index in [9.17, 15) is 4.79 Å². The highest BCUT2D eigenvalue weighted by Gasteiger charge is 2.53. The second kappa shape index (κ2) is 5.29. The number of halogens is 1. The molecule has 3 atom stereocenters. The average Bonchev–Trinajstić information content (AvgIpc) is 3.05. The van der Waals surface area contributed by atoms with E-state index >= 15 is 0 Å². The minimum atomic E-state index is -0.526. The Labute approximate surface area is 145 Å². The Morgan fingerprint density at radius 3 is 2.83 bits per heavy atom. The van der Waals surface area contributed by atoms with Crippen LogP contribution in [-0.4, -0.2) is 34.0 Å². The van der Waals surface area contributed by atoms with Crippen LogP contribution >= 0.6 is 11.6 Å². The lowest BCUT2D eigenvalue weighted by atomic mass is 9.69. The lowest BCUT2D eigenvalue weighted by molar-refractivity contribution is -0.124. The van der Waals surface area contributed by atoms with Crippen molar-refractivity contribution in [2.24, 2.45) is 7.05 Å². The molecule has 1 aromatic carbocycles. The molecule has 0 saturated carbocycles. The highest BCUT2D eigenvalue weighted by Crippen LogP contribution is 2.51. The molecule has 3 heterocycles. The Hall–Kier alpha value is -1.92. The molecule has 4 rings (SSSR count). The first-order valence-corrected chi connectivity index (χ1v) is 8.49. The van der Waals surface area contributed by atoms with Crippen molar-refractivity contribution in [1.29, 1.82) is 0 Å². The van der Waals surface area contributed by atoms with E-state index in [0.717, 1.165) is 23.4 Å². The van der Waals surface area contributed by atoms with Gasteiger partial charge in [-0.05, 0) is 37.5 Å². The van der Waals surface area contributed by atoms with Gasteiger partial charge in [0, 0.05) is 37.0 Å². The van der Waals surface area contributed by atoms with Crippen molar-refractivity contribution >= 4 is 23.2 Å². The van der Waals surface area contributed by atoms with Crippen LogP contribution in [0.25, 0.3) is 0 Å². The Balaban J connectivity index is 1.80. The molecular formula is C17H20ClN5O. The van der Waals surface area contributed by atoms with Crippen molar-refractivity contribution in [1.82, 2.24) is 20.3 Å². The molecule has 1 spiro atoms. The second-order valence-corrected chi connectivity index (χ2v) is 7.39. The number of nitrogens with one attached hydrogen (secondary N) is 1. The Kier molecular flexibility index (Phi) is 3.44. The minimum Gasteiger partial charge on any atom is -0.314 e. The number of rotatable bonds is 1. The van der Waals surface area contributed by atoms with E-state index in [2.05, 4.69) is 22.6 Å². The van der Waals surface area contributed by atoms with Gasteiger partial charge in [0.05, 0.1) is 17.2 Å². The van der Waals surface area contributed by atoms with E-state index in [1.165, 1.54) is 0 Å². The zero-order valence-electron chi connectivity index (χ0n) is 14.0. The molecule has 6 nitrogen and oxygen atoms in total. The number of aryl methyl sites for hydroxylation is 1. The lowest BCUT2D eigenvalue weighted by Crippen LogP contribution is -2.51. The van der Waals surface area contributed by atoms with E-state index in [1.54, 1.807) is 9.58 Å². The van der Waals surface area contributed by atoms with Crippen molar-refractivity contribution < 1.29 is 4.79 Å². The topological polar surface area (TPSA) is 63.1 Å². The van der Waals surface area contributed by atoms with E-state index in [1.807, 2.05) is 38.5 Å². The normalized spacial score (nSPS) is 29.3. The number of piperidine rings is 1. The molecule has 2 aliphatic rings. The molecule has 1 fully saturated rings. The monoisotopic (exact) mass is 345 g/mol. The third-order valence-corrected chi connectivity index (χ3v) is 5.46.